The van der Waals surface area contributed by atoms with Crippen molar-refractivity contribution in [2.75, 3.05) is 0 Å². The molecular formula is C14H23NO5. The van der Waals surface area contributed by atoms with E-state index in [-0.39, 0.29) is 12.8 Å². The third kappa shape index (κ3) is 2.64. The Morgan fingerprint density at radius 3 is 2.20 bits per heavy atom. The highest BCUT2D eigenvalue weighted by atomic mass is 16.6. The Kier molecular flexibility index (Phi) is 3.91. The molecule has 0 saturated carbocycles. The Labute approximate surface area is 119 Å². The SMILES string of the molecule is CCC1(C(=O)O)CC(C)(C)C(=O)N1C(=O)OC(C)(C)C. The molecule has 0 bridgehead atoms. The molecule has 1 atom stereocenters. The van der Waals surface area contributed by atoms with Gasteiger partial charge in [0.1, 0.15) is 5.60 Å². The minimum absolute atomic E-state index is 0.0872. The van der Waals surface area contributed by atoms with Gasteiger partial charge >= 0.3 is 12.1 Å². The molecule has 0 aromatic heterocycles. The minimum Gasteiger partial charge on any atom is -0.479 e. The van der Waals surface area contributed by atoms with Crippen LogP contribution in [0.1, 0.15) is 54.4 Å². The van der Waals surface area contributed by atoms with Crippen LogP contribution in [0.5, 0.6) is 0 Å². The number of carbonyl (C=O) groups is 3. The minimum atomic E-state index is -1.52. The summed E-state index contributed by atoms with van der Waals surface area (Å²) in [4.78, 5) is 37.1. The fraction of sp³-hybridized carbons (Fsp3) is 0.786. The molecule has 0 aliphatic carbocycles. The first kappa shape index (κ1) is 16.5. The summed E-state index contributed by atoms with van der Waals surface area (Å²) in [6, 6.07) is 0. The monoisotopic (exact) mass is 285 g/mol. The molecule has 1 aliphatic heterocycles. The van der Waals surface area contributed by atoms with Crippen LogP contribution in [0.25, 0.3) is 0 Å². The fourth-order valence-electron chi connectivity index (χ4n) is 2.55. The lowest BCUT2D eigenvalue weighted by Crippen LogP contribution is -2.55. The van der Waals surface area contributed by atoms with Crippen LogP contribution < -0.4 is 0 Å². The third-order valence-electron chi connectivity index (χ3n) is 3.50. The van der Waals surface area contributed by atoms with Crippen molar-refractivity contribution >= 4 is 18.0 Å². The van der Waals surface area contributed by atoms with Crippen molar-refractivity contribution in [2.24, 2.45) is 5.41 Å². The number of imide groups is 1. The van der Waals surface area contributed by atoms with Crippen LogP contribution in [0.3, 0.4) is 0 Å². The second-order valence-corrected chi connectivity index (χ2v) is 6.87. The zero-order chi connectivity index (χ0) is 15.9. The van der Waals surface area contributed by atoms with Crippen molar-refractivity contribution in [3.05, 3.63) is 0 Å². The number of rotatable bonds is 2. The summed E-state index contributed by atoms with van der Waals surface area (Å²) < 4.78 is 5.20. The molecule has 2 amide bonds. The number of hydrogen-bond donors (Lipinski definition) is 1. The Morgan fingerprint density at radius 2 is 1.85 bits per heavy atom. The van der Waals surface area contributed by atoms with Crippen molar-refractivity contribution in [1.29, 1.82) is 0 Å². The van der Waals surface area contributed by atoms with Crippen LogP contribution >= 0.6 is 0 Å². The van der Waals surface area contributed by atoms with E-state index in [0.29, 0.717) is 0 Å². The van der Waals surface area contributed by atoms with Gasteiger partial charge in [-0.15, -0.1) is 0 Å². The van der Waals surface area contributed by atoms with E-state index < -0.39 is 34.5 Å². The number of aliphatic carboxylic acids is 1. The van der Waals surface area contributed by atoms with E-state index in [4.69, 9.17) is 4.74 Å². The second-order valence-electron chi connectivity index (χ2n) is 6.87. The highest BCUT2D eigenvalue weighted by molar-refractivity contribution is 6.04. The summed E-state index contributed by atoms with van der Waals surface area (Å²) in [5.41, 5.74) is -3.21. The average molecular weight is 285 g/mol. The van der Waals surface area contributed by atoms with E-state index >= 15 is 0 Å². The van der Waals surface area contributed by atoms with Crippen molar-refractivity contribution in [1.82, 2.24) is 4.90 Å². The second kappa shape index (κ2) is 4.75. The molecule has 1 unspecified atom stereocenters. The molecule has 0 aromatic rings. The number of nitrogens with zero attached hydrogens (tertiary/aromatic N) is 1. The molecule has 1 aliphatic rings. The van der Waals surface area contributed by atoms with Gasteiger partial charge in [-0.3, -0.25) is 4.79 Å². The van der Waals surface area contributed by atoms with Crippen molar-refractivity contribution < 1.29 is 24.2 Å². The van der Waals surface area contributed by atoms with Gasteiger partial charge in [-0.25, -0.2) is 14.5 Å². The maximum absolute atomic E-state index is 12.4. The molecule has 0 aromatic carbocycles. The number of likely N-dealkylation sites (tertiary alicyclic amines) is 1. The summed E-state index contributed by atoms with van der Waals surface area (Å²) in [7, 11) is 0. The van der Waals surface area contributed by atoms with Crippen molar-refractivity contribution in [3.8, 4) is 0 Å². The van der Waals surface area contributed by atoms with E-state index in [1.807, 2.05) is 0 Å². The summed E-state index contributed by atoms with van der Waals surface area (Å²) >= 11 is 0. The van der Waals surface area contributed by atoms with Gasteiger partial charge in [0.25, 0.3) is 0 Å². The smallest absolute Gasteiger partial charge is 0.418 e. The Morgan fingerprint density at radius 1 is 1.35 bits per heavy atom. The molecule has 0 spiro atoms. The van der Waals surface area contributed by atoms with Crippen LogP contribution in [0.15, 0.2) is 0 Å². The molecule has 20 heavy (non-hydrogen) atoms. The zero-order valence-corrected chi connectivity index (χ0v) is 12.9. The average Bonchev–Trinajstić information content (AvgIpc) is 2.45. The molecule has 6 heteroatoms. The summed E-state index contributed by atoms with van der Waals surface area (Å²) in [5.74, 6) is -1.68. The lowest BCUT2D eigenvalue weighted by molar-refractivity contribution is -0.153. The van der Waals surface area contributed by atoms with Crippen molar-refractivity contribution in [2.45, 2.75) is 65.5 Å². The van der Waals surface area contributed by atoms with Gasteiger partial charge in [0, 0.05) is 5.41 Å². The molecule has 1 fully saturated rings. The first-order chi connectivity index (χ1) is 8.87. The van der Waals surface area contributed by atoms with Gasteiger partial charge in [-0.2, -0.15) is 0 Å². The quantitative estimate of drug-likeness (QED) is 0.842. The number of amides is 2. The van der Waals surface area contributed by atoms with Gasteiger partial charge in [-0.05, 0) is 33.6 Å². The highest BCUT2D eigenvalue weighted by Crippen LogP contribution is 2.45. The summed E-state index contributed by atoms with van der Waals surface area (Å²) in [5, 5.41) is 9.53. The molecule has 1 N–H and O–H groups in total. The van der Waals surface area contributed by atoms with Crippen LogP contribution in [-0.2, 0) is 14.3 Å². The van der Waals surface area contributed by atoms with Gasteiger partial charge in [0.15, 0.2) is 5.54 Å². The largest absolute Gasteiger partial charge is 0.479 e. The van der Waals surface area contributed by atoms with Crippen LogP contribution in [0.2, 0.25) is 0 Å². The van der Waals surface area contributed by atoms with Crippen molar-refractivity contribution in [3.63, 3.8) is 0 Å². The molecule has 6 nitrogen and oxygen atoms in total. The first-order valence-corrected chi connectivity index (χ1v) is 6.68. The topological polar surface area (TPSA) is 83.9 Å². The third-order valence-corrected chi connectivity index (χ3v) is 3.50. The molecular weight excluding hydrogens is 262 g/mol. The predicted molar refractivity (Wildman–Crippen MR) is 72.1 cm³/mol. The van der Waals surface area contributed by atoms with Crippen LogP contribution in [0, 0.1) is 5.41 Å². The number of carboxylic acid groups (broad SMARTS) is 1. The molecule has 1 heterocycles. The van der Waals surface area contributed by atoms with Gasteiger partial charge in [0.2, 0.25) is 5.91 Å². The number of carboxylic acids is 1. The zero-order valence-electron chi connectivity index (χ0n) is 12.9. The Balaban J connectivity index is 3.27. The van der Waals surface area contributed by atoms with E-state index in [9.17, 15) is 19.5 Å². The van der Waals surface area contributed by atoms with E-state index in [0.717, 1.165) is 4.90 Å². The number of carbonyl (C=O) groups excluding carboxylic acids is 2. The van der Waals surface area contributed by atoms with Gasteiger partial charge in [-0.1, -0.05) is 20.8 Å². The van der Waals surface area contributed by atoms with Crippen LogP contribution in [-0.4, -0.2) is 39.1 Å². The van der Waals surface area contributed by atoms with E-state index in [1.165, 1.54) is 0 Å². The molecule has 1 rings (SSSR count). The number of ether oxygens (including phenoxy) is 1. The number of hydrogen-bond acceptors (Lipinski definition) is 4. The maximum Gasteiger partial charge on any atom is 0.418 e. The lowest BCUT2D eigenvalue weighted by atomic mass is 9.82. The maximum atomic E-state index is 12.4. The van der Waals surface area contributed by atoms with Crippen LogP contribution in [0.4, 0.5) is 4.79 Å². The molecule has 0 radical (unpaired) electrons. The highest BCUT2D eigenvalue weighted by Gasteiger charge is 2.61. The standard InChI is InChI=1S/C14H23NO5/c1-7-14(10(17)18)8-13(5,6)9(16)15(14)11(19)20-12(2,3)4/h7-8H2,1-6H3,(H,17,18). The van der Waals surface area contributed by atoms with E-state index in [2.05, 4.69) is 0 Å². The Hall–Kier alpha value is -1.59. The van der Waals surface area contributed by atoms with Gasteiger partial charge in [0.05, 0.1) is 0 Å². The lowest BCUT2D eigenvalue weighted by Gasteiger charge is -2.33. The summed E-state index contributed by atoms with van der Waals surface area (Å²) in [6.07, 6.45) is -0.655. The molecule has 114 valence electrons. The fourth-order valence-corrected chi connectivity index (χ4v) is 2.55. The Bertz CT molecular complexity index is 449. The first-order valence-electron chi connectivity index (χ1n) is 6.68. The van der Waals surface area contributed by atoms with E-state index in [1.54, 1.807) is 41.5 Å². The predicted octanol–water partition coefficient (Wildman–Crippen LogP) is 2.41. The van der Waals surface area contributed by atoms with Gasteiger partial charge < -0.3 is 9.84 Å². The normalized spacial score (nSPS) is 25.7. The molecule has 1 saturated heterocycles. The summed E-state index contributed by atoms with van der Waals surface area (Å²) in [6.45, 7) is 9.96.